The van der Waals surface area contributed by atoms with E-state index in [2.05, 4.69) is 40.0 Å². The Bertz CT molecular complexity index is 2380. The summed E-state index contributed by atoms with van der Waals surface area (Å²) in [7, 11) is 1.34. The Hall–Kier alpha value is -6.30. The first kappa shape index (κ1) is 36.0. The number of pyridine rings is 4. The van der Waals surface area contributed by atoms with Crippen LogP contribution < -0.4 is 0 Å². The quantitative estimate of drug-likeness (QED) is 0.0623. The molecule has 0 saturated carbocycles. The van der Waals surface area contributed by atoms with E-state index in [4.69, 9.17) is 44.1 Å². The molecule has 0 spiro atoms. The normalized spacial score (nSPS) is 10.4. The van der Waals surface area contributed by atoms with Crippen molar-refractivity contribution in [2.75, 3.05) is 7.11 Å². The Labute approximate surface area is 300 Å². The summed E-state index contributed by atoms with van der Waals surface area (Å²) in [5, 5.41) is 19.0. The molecule has 51 heavy (non-hydrogen) atoms. The highest BCUT2D eigenvalue weighted by Gasteiger charge is 2.12. The van der Waals surface area contributed by atoms with Crippen molar-refractivity contribution in [2.24, 2.45) is 10.2 Å². The van der Waals surface area contributed by atoms with Gasteiger partial charge in [-0.2, -0.15) is 0 Å². The molecule has 4 aromatic heterocycles. The van der Waals surface area contributed by atoms with Crippen molar-refractivity contribution in [2.45, 2.75) is 25.9 Å². The minimum absolute atomic E-state index is 0.165. The van der Waals surface area contributed by atoms with Gasteiger partial charge in [0.25, 0.3) is 0 Å². The molecule has 16 heteroatoms. The number of ether oxygens (including phenoxy) is 1. The zero-order valence-electron chi connectivity index (χ0n) is 26.8. The van der Waals surface area contributed by atoms with Crippen molar-refractivity contribution >= 4 is 56.9 Å². The number of hydrogen-bond acceptors (Lipinski definition) is 9. The van der Waals surface area contributed by atoms with E-state index in [1.165, 1.54) is 25.4 Å². The number of aromatic carboxylic acids is 1. The van der Waals surface area contributed by atoms with Crippen LogP contribution in [0.15, 0.2) is 95.7 Å². The predicted molar refractivity (Wildman–Crippen MR) is 192 cm³/mol. The van der Waals surface area contributed by atoms with Crippen molar-refractivity contribution in [3.05, 3.63) is 161 Å². The van der Waals surface area contributed by atoms with Crippen LogP contribution in [-0.2, 0) is 30.7 Å². The molecule has 0 unspecified atom stereocenters. The van der Waals surface area contributed by atoms with Gasteiger partial charge < -0.3 is 9.84 Å². The van der Waals surface area contributed by atoms with E-state index in [-0.39, 0.29) is 18.7 Å². The van der Waals surface area contributed by atoms with Crippen LogP contribution in [-0.4, -0.2) is 44.1 Å². The summed E-state index contributed by atoms with van der Waals surface area (Å²) in [6.45, 7) is 0.350. The number of carbonyl (C=O) groups excluding carboxylic acids is 1. The maximum absolute atomic E-state index is 11.7. The van der Waals surface area contributed by atoms with Gasteiger partial charge in [-0.1, -0.05) is 45.6 Å². The molecule has 0 saturated heterocycles. The minimum Gasteiger partial charge on any atom is -0.478 e. The molecule has 0 aliphatic carbocycles. The summed E-state index contributed by atoms with van der Waals surface area (Å²) in [4.78, 5) is 45.6. The lowest BCUT2D eigenvalue weighted by Gasteiger charge is -2.09. The SMILES string of the molecule is COC(=O)c1ccnc(Cc2cc(CN=[N+]=[N-])c3ncc(Cl)cc3c2)c1.[N-]=[N+]=NCc1cc(Cc2cc(C(=O)O)ccn2)cc2cc(Cl)cnc12. The Morgan fingerprint density at radius 3 is 1.65 bits per heavy atom. The van der Waals surface area contributed by atoms with Gasteiger partial charge in [-0.15, -0.1) is 0 Å². The van der Waals surface area contributed by atoms with E-state index < -0.39 is 11.9 Å². The van der Waals surface area contributed by atoms with E-state index in [1.807, 2.05) is 30.3 Å². The van der Waals surface area contributed by atoms with Crippen LogP contribution in [0.25, 0.3) is 42.7 Å². The Kier molecular flexibility index (Phi) is 11.9. The molecule has 1 N–H and O–H groups in total. The highest BCUT2D eigenvalue weighted by atomic mass is 35.5. The lowest BCUT2D eigenvalue weighted by molar-refractivity contribution is 0.0599. The second kappa shape index (κ2) is 16.9. The molecule has 0 fully saturated rings. The van der Waals surface area contributed by atoms with Crippen molar-refractivity contribution in [3.8, 4) is 0 Å². The topological polar surface area (TPSA) is 213 Å². The number of azide groups is 2. The fraction of sp³-hybridized carbons (Fsp3) is 0.143. The van der Waals surface area contributed by atoms with E-state index in [9.17, 15) is 9.59 Å². The fourth-order valence-electron chi connectivity index (χ4n) is 5.34. The number of nitrogens with zero attached hydrogens (tertiary/aromatic N) is 10. The molecule has 0 radical (unpaired) electrons. The predicted octanol–water partition coefficient (Wildman–Crippen LogP) is 8.85. The first-order valence-corrected chi connectivity index (χ1v) is 15.8. The number of carboxylic acids is 1. The van der Waals surface area contributed by atoms with Crippen LogP contribution in [0, 0.1) is 0 Å². The molecule has 6 rings (SSSR count). The van der Waals surface area contributed by atoms with Crippen molar-refractivity contribution < 1.29 is 19.4 Å². The third-order valence-corrected chi connectivity index (χ3v) is 7.87. The van der Waals surface area contributed by atoms with E-state index in [0.717, 1.165) is 44.2 Å². The second-order valence-corrected chi connectivity index (χ2v) is 11.8. The van der Waals surface area contributed by atoms with Crippen molar-refractivity contribution in [1.82, 2.24) is 19.9 Å². The highest BCUT2D eigenvalue weighted by molar-refractivity contribution is 6.31. The lowest BCUT2D eigenvalue weighted by Crippen LogP contribution is -2.03. The van der Waals surface area contributed by atoms with Gasteiger partial charge in [0.15, 0.2) is 0 Å². The molecule has 0 bridgehead atoms. The fourth-order valence-corrected chi connectivity index (χ4v) is 5.67. The summed E-state index contributed by atoms with van der Waals surface area (Å²) < 4.78 is 4.74. The summed E-state index contributed by atoms with van der Waals surface area (Å²) in [6, 6.07) is 17.6. The molecular weight excluding hydrogens is 695 g/mol. The molecule has 0 aliphatic heterocycles. The van der Waals surface area contributed by atoms with Crippen LogP contribution >= 0.6 is 23.2 Å². The van der Waals surface area contributed by atoms with Gasteiger partial charge in [0, 0.05) is 69.6 Å². The zero-order valence-corrected chi connectivity index (χ0v) is 28.3. The Morgan fingerprint density at radius 2 is 1.20 bits per heavy atom. The van der Waals surface area contributed by atoms with Gasteiger partial charge in [-0.25, -0.2) is 9.59 Å². The van der Waals surface area contributed by atoms with Crippen molar-refractivity contribution in [1.29, 1.82) is 0 Å². The van der Waals surface area contributed by atoms with Gasteiger partial charge in [0.05, 0.1) is 52.4 Å². The van der Waals surface area contributed by atoms with E-state index in [1.54, 1.807) is 36.8 Å². The molecule has 0 aliphatic rings. The van der Waals surface area contributed by atoms with E-state index in [0.29, 0.717) is 39.7 Å². The van der Waals surface area contributed by atoms with Crippen LogP contribution in [0.2, 0.25) is 10.0 Å². The molecule has 0 atom stereocenters. The number of esters is 1. The average Bonchev–Trinajstić information content (AvgIpc) is 3.12. The van der Waals surface area contributed by atoms with Crippen LogP contribution in [0.1, 0.15) is 54.4 Å². The average molecular weight is 722 g/mol. The maximum atomic E-state index is 11.7. The highest BCUT2D eigenvalue weighted by Crippen LogP contribution is 2.26. The molecule has 14 nitrogen and oxygen atoms in total. The second-order valence-electron chi connectivity index (χ2n) is 11.0. The molecule has 6 aromatic rings. The van der Waals surface area contributed by atoms with Gasteiger partial charge in [0.2, 0.25) is 0 Å². The minimum atomic E-state index is -0.998. The summed E-state index contributed by atoms with van der Waals surface area (Å²) in [6.07, 6.45) is 7.08. The van der Waals surface area contributed by atoms with Crippen LogP contribution in [0.5, 0.6) is 0 Å². The number of fused-ring (bicyclic) bond motifs is 2. The van der Waals surface area contributed by atoms with Gasteiger partial charge in [0.1, 0.15) is 0 Å². The van der Waals surface area contributed by atoms with Gasteiger partial charge >= 0.3 is 11.9 Å². The number of hydrogen-bond donors (Lipinski definition) is 1. The lowest BCUT2D eigenvalue weighted by atomic mass is 10.0. The largest absolute Gasteiger partial charge is 0.478 e. The number of methoxy groups -OCH3 is 1. The van der Waals surface area contributed by atoms with Crippen molar-refractivity contribution in [3.63, 3.8) is 0 Å². The first-order chi connectivity index (χ1) is 24.7. The van der Waals surface area contributed by atoms with Crippen LogP contribution in [0.3, 0.4) is 0 Å². The van der Waals surface area contributed by atoms with Gasteiger partial charge in [-0.3, -0.25) is 19.9 Å². The molecule has 2 aromatic carbocycles. The number of aromatic nitrogens is 4. The molecule has 4 heterocycles. The Balaban J connectivity index is 0.000000198. The molecular formula is C35H26Cl2N10O4. The molecule has 0 amide bonds. The smallest absolute Gasteiger partial charge is 0.337 e. The number of carbonyl (C=O) groups is 2. The summed E-state index contributed by atoms with van der Waals surface area (Å²) in [5.74, 6) is -1.41. The maximum Gasteiger partial charge on any atom is 0.337 e. The third kappa shape index (κ3) is 9.44. The van der Waals surface area contributed by atoms with E-state index >= 15 is 0 Å². The Morgan fingerprint density at radius 1 is 0.725 bits per heavy atom. The standard InChI is InChI=1S/C18H14ClN5O2.C17H12ClN5O2/c1-26-18(25)12-2-3-21-16(8-12)6-11-4-13-7-15(19)10-22-17(13)14(5-11)9-23-24-20;18-14-6-12-3-10(4-13(8-22-23-19)16(12)21-9-14)5-15-7-11(17(24)25)1-2-20-15/h2-5,7-8,10H,6,9H2,1H3;1-4,6-7,9H,5,8H2,(H,24,25). The zero-order chi connectivity index (χ0) is 36.3. The monoisotopic (exact) mass is 720 g/mol. The first-order valence-electron chi connectivity index (χ1n) is 15.0. The number of halogens is 2. The molecule has 254 valence electrons. The third-order valence-electron chi connectivity index (χ3n) is 7.46. The van der Waals surface area contributed by atoms with Gasteiger partial charge in [-0.05, 0) is 81.8 Å². The number of rotatable bonds is 10. The number of benzene rings is 2. The number of carboxylic acid groups (broad SMARTS) is 1. The summed E-state index contributed by atoms with van der Waals surface area (Å²) >= 11 is 12.1. The summed E-state index contributed by atoms with van der Waals surface area (Å²) in [5.41, 5.74) is 24.0. The van der Waals surface area contributed by atoms with Crippen LogP contribution in [0.4, 0.5) is 0 Å².